The molecule has 3 aromatic rings. The van der Waals surface area contributed by atoms with Crippen LogP contribution in [0, 0.1) is 5.92 Å². The molecule has 1 fully saturated rings. The predicted octanol–water partition coefficient (Wildman–Crippen LogP) is 1.88. The predicted molar refractivity (Wildman–Crippen MR) is 122 cm³/mol. The van der Waals surface area contributed by atoms with Crippen molar-refractivity contribution >= 4 is 27.5 Å². The molecule has 1 aliphatic heterocycles. The van der Waals surface area contributed by atoms with E-state index in [-0.39, 0.29) is 17.0 Å². The summed E-state index contributed by atoms with van der Waals surface area (Å²) in [5, 5.41) is 0. The SMILES string of the molecule is CN(C)S(=O)(=O)c1ccc(C(=O)C2C(=O)C(=O)N(Cc3cccnc3)C2c2cccnc2)cc1. The van der Waals surface area contributed by atoms with Crippen LogP contribution >= 0.6 is 0 Å². The molecule has 2 unspecified atom stereocenters. The molecule has 3 heterocycles. The Hall–Kier alpha value is -3.76. The van der Waals surface area contributed by atoms with Crippen molar-refractivity contribution in [1.82, 2.24) is 19.2 Å². The third kappa shape index (κ3) is 4.25. The topological polar surface area (TPSA) is 118 Å². The highest BCUT2D eigenvalue weighted by Crippen LogP contribution is 2.39. The van der Waals surface area contributed by atoms with Crippen LogP contribution in [-0.2, 0) is 26.2 Å². The molecule has 0 saturated carbocycles. The average molecular weight is 479 g/mol. The highest BCUT2D eigenvalue weighted by Gasteiger charge is 2.51. The lowest BCUT2D eigenvalue weighted by molar-refractivity contribution is -0.141. The minimum Gasteiger partial charge on any atom is -0.323 e. The zero-order valence-electron chi connectivity index (χ0n) is 18.5. The van der Waals surface area contributed by atoms with Gasteiger partial charge in [0.2, 0.25) is 15.8 Å². The first kappa shape index (κ1) is 23.4. The molecule has 10 heteroatoms. The number of amides is 1. The smallest absolute Gasteiger partial charge is 0.291 e. The minimum atomic E-state index is -3.68. The molecule has 0 radical (unpaired) electrons. The van der Waals surface area contributed by atoms with E-state index in [0.717, 1.165) is 4.31 Å². The van der Waals surface area contributed by atoms with Crippen LogP contribution in [-0.4, -0.2) is 59.2 Å². The third-order valence-corrected chi connectivity index (χ3v) is 7.54. The number of pyridine rings is 2. The first-order valence-electron chi connectivity index (χ1n) is 10.4. The minimum absolute atomic E-state index is 0.0184. The van der Waals surface area contributed by atoms with Crippen LogP contribution < -0.4 is 0 Å². The average Bonchev–Trinajstić information content (AvgIpc) is 3.09. The van der Waals surface area contributed by atoms with Crippen molar-refractivity contribution in [3.8, 4) is 0 Å². The van der Waals surface area contributed by atoms with Crippen LogP contribution in [0.5, 0.6) is 0 Å². The molecule has 4 rings (SSSR count). The van der Waals surface area contributed by atoms with E-state index in [1.807, 2.05) is 0 Å². The van der Waals surface area contributed by atoms with Crippen molar-refractivity contribution in [2.75, 3.05) is 14.1 Å². The zero-order chi connectivity index (χ0) is 24.5. The van der Waals surface area contributed by atoms with Crippen molar-refractivity contribution < 1.29 is 22.8 Å². The molecular formula is C24H22N4O5S. The fraction of sp³-hybridized carbons (Fsp3) is 0.208. The lowest BCUT2D eigenvalue weighted by Gasteiger charge is -2.27. The quantitative estimate of drug-likeness (QED) is 0.289. The number of rotatable bonds is 7. The van der Waals surface area contributed by atoms with Gasteiger partial charge in [0.1, 0.15) is 5.92 Å². The molecular weight excluding hydrogens is 456 g/mol. The number of benzene rings is 1. The lowest BCUT2D eigenvalue weighted by atomic mass is 9.87. The maximum absolute atomic E-state index is 13.5. The Labute approximate surface area is 197 Å². The number of carbonyl (C=O) groups excluding carboxylic acids is 3. The van der Waals surface area contributed by atoms with Gasteiger partial charge in [0, 0.05) is 51.0 Å². The Morgan fingerprint density at radius 2 is 1.62 bits per heavy atom. The number of likely N-dealkylation sites (tertiary alicyclic amines) is 1. The van der Waals surface area contributed by atoms with Crippen LogP contribution in [0.25, 0.3) is 0 Å². The normalized spacial score (nSPS) is 18.5. The van der Waals surface area contributed by atoms with Gasteiger partial charge in [0.25, 0.3) is 5.91 Å². The van der Waals surface area contributed by atoms with Crippen LogP contribution in [0.3, 0.4) is 0 Å². The van der Waals surface area contributed by atoms with Gasteiger partial charge >= 0.3 is 0 Å². The molecule has 9 nitrogen and oxygen atoms in total. The molecule has 0 N–H and O–H groups in total. The number of carbonyl (C=O) groups is 3. The van der Waals surface area contributed by atoms with Gasteiger partial charge in [0.05, 0.1) is 10.9 Å². The molecule has 174 valence electrons. The van der Waals surface area contributed by atoms with Crippen LogP contribution in [0.4, 0.5) is 0 Å². The van der Waals surface area contributed by atoms with Gasteiger partial charge in [-0.1, -0.05) is 24.3 Å². The van der Waals surface area contributed by atoms with E-state index in [1.165, 1.54) is 49.5 Å². The lowest BCUT2D eigenvalue weighted by Crippen LogP contribution is -2.30. The molecule has 1 amide bonds. The maximum Gasteiger partial charge on any atom is 0.291 e. The molecule has 0 aliphatic carbocycles. The summed E-state index contributed by atoms with van der Waals surface area (Å²) in [4.78, 5) is 49.1. The Balaban J connectivity index is 1.72. The molecule has 2 atom stereocenters. The highest BCUT2D eigenvalue weighted by atomic mass is 32.2. The number of ketones is 2. The van der Waals surface area contributed by atoms with Crippen LogP contribution in [0.1, 0.15) is 27.5 Å². The second-order valence-corrected chi connectivity index (χ2v) is 10.2. The molecule has 2 aromatic heterocycles. The largest absolute Gasteiger partial charge is 0.323 e. The number of hydrogen-bond acceptors (Lipinski definition) is 7. The monoisotopic (exact) mass is 478 g/mol. The summed E-state index contributed by atoms with van der Waals surface area (Å²) in [6.07, 6.45) is 6.29. The number of hydrogen-bond donors (Lipinski definition) is 0. The van der Waals surface area contributed by atoms with E-state index >= 15 is 0 Å². The molecule has 1 aliphatic rings. The summed E-state index contributed by atoms with van der Waals surface area (Å²) >= 11 is 0. The Morgan fingerprint density at radius 1 is 0.971 bits per heavy atom. The van der Waals surface area contributed by atoms with E-state index < -0.39 is 39.5 Å². The van der Waals surface area contributed by atoms with Gasteiger partial charge in [-0.25, -0.2) is 12.7 Å². The van der Waals surface area contributed by atoms with Gasteiger partial charge < -0.3 is 4.90 Å². The number of nitrogens with zero attached hydrogens (tertiary/aromatic N) is 4. The number of sulfonamides is 1. The van der Waals surface area contributed by atoms with Gasteiger partial charge in [-0.2, -0.15) is 0 Å². The second kappa shape index (κ2) is 9.24. The summed E-state index contributed by atoms with van der Waals surface area (Å²) in [6, 6.07) is 11.4. The molecule has 0 spiro atoms. The zero-order valence-corrected chi connectivity index (χ0v) is 19.3. The van der Waals surface area contributed by atoms with Gasteiger partial charge in [-0.15, -0.1) is 0 Å². The molecule has 1 saturated heterocycles. The van der Waals surface area contributed by atoms with Crippen molar-refractivity contribution in [2.45, 2.75) is 17.5 Å². The molecule has 0 bridgehead atoms. The summed E-state index contributed by atoms with van der Waals surface area (Å²) in [7, 11) is -0.858. The summed E-state index contributed by atoms with van der Waals surface area (Å²) in [6.45, 7) is 0.0990. The summed E-state index contributed by atoms with van der Waals surface area (Å²) < 4.78 is 25.8. The summed E-state index contributed by atoms with van der Waals surface area (Å²) in [5.41, 5.74) is 1.40. The van der Waals surface area contributed by atoms with Crippen molar-refractivity contribution in [3.05, 3.63) is 90.0 Å². The first-order chi connectivity index (χ1) is 16.2. The van der Waals surface area contributed by atoms with Crippen molar-refractivity contribution in [1.29, 1.82) is 0 Å². The third-order valence-electron chi connectivity index (χ3n) is 5.71. The van der Waals surface area contributed by atoms with Crippen molar-refractivity contribution in [2.24, 2.45) is 5.92 Å². The number of Topliss-reactive ketones (excluding diaryl/α,β-unsaturated/α-hetero) is 2. The standard InChI is InChI=1S/C24H22N4O5S/c1-27(2)34(32,33)19-9-7-17(8-10-19)22(29)20-21(18-6-4-12-26-14-18)28(24(31)23(20)30)15-16-5-3-11-25-13-16/h3-14,20-21H,15H2,1-2H3. The van der Waals surface area contributed by atoms with Crippen molar-refractivity contribution in [3.63, 3.8) is 0 Å². The Bertz CT molecular complexity index is 1330. The first-order valence-corrected chi connectivity index (χ1v) is 11.9. The summed E-state index contributed by atoms with van der Waals surface area (Å²) in [5.74, 6) is -3.42. The molecule has 1 aromatic carbocycles. The van der Waals surface area contributed by atoms with E-state index in [2.05, 4.69) is 9.97 Å². The van der Waals surface area contributed by atoms with Crippen LogP contribution in [0.15, 0.2) is 78.2 Å². The van der Waals surface area contributed by atoms with Gasteiger partial charge in [-0.3, -0.25) is 24.4 Å². The maximum atomic E-state index is 13.5. The Kier molecular flexibility index (Phi) is 6.36. The number of aromatic nitrogens is 2. The van der Waals surface area contributed by atoms with Gasteiger partial charge in [0.15, 0.2) is 5.78 Å². The highest BCUT2D eigenvalue weighted by molar-refractivity contribution is 7.89. The van der Waals surface area contributed by atoms with Crippen LogP contribution in [0.2, 0.25) is 0 Å². The van der Waals surface area contributed by atoms with Gasteiger partial charge in [-0.05, 0) is 35.4 Å². The molecule has 34 heavy (non-hydrogen) atoms. The second-order valence-electron chi connectivity index (χ2n) is 8.04. The fourth-order valence-corrected chi connectivity index (χ4v) is 4.85. The van der Waals surface area contributed by atoms with E-state index in [1.54, 1.807) is 42.9 Å². The Morgan fingerprint density at radius 3 is 2.18 bits per heavy atom. The van der Waals surface area contributed by atoms with E-state index in [9.17, 15) is 22.8 Å². The fourth-order valence-electron chi connectivity index (χ4n) is 3.95. The van der Waals surface area contributed by atoms with E-state index in [0.29, 0.717) is 11.1 Å². The van der Waals surface area contributed by atoms with E-state index in [4.69, 9.17) is 0 Å².